The second kappa shape index (κ2) is 6.07. The van der Waals surface area contributed by atoms with Crippen molar-refractivity contribution in [2.75, 3.05) is 7.05 Å². The van der Waals surface area contributed by atoms with Gasteiger partial charge in [-0.05, 0) is 13.8 Å². The maximum absolute atomic E-state index is 12.5. The predicted molar refractivity (Wildman–Crippen MR) is 81.7 cm³/mol. The van der Waals surface area contributed by atoms with Gasteiger partial charge in [-0.1, -0.05) is 23.2 Å². The van der Waals surface area contributed by atoms with Crippen LogP contribution in [0.5, 0.6) is 0 Å². The summed E-state index contributed by atoms with van der Waals surface area (Å²) in [5, 5.41) is 9.24. The Balaban J connectivity index is 2.26. The van der Waals surface area contributed by atoms with E-state index < -0.39 is 0 Å². The first-order valence-electron chi connectivity index (χ1n) is 6.51. The third-order valence-electron chi connectivity index (χ3n) is 3.28. The van der Waals surface area contributed by atoms with Crippen molar-refractivity contribution in [1.29, 1.82) is 0 Å². The number of amides is 1. The van der Waals surface area contributed by atoms with Crippen LogP contribution in [0.1, 0.15) is 28.8 Å². The maximum atomic E-state index is 12.5. The van der Waals surface area contributed by atoms with E-state index in [4.69, 9.17) is 23.2 Å². The number of aryl methyl sites for hydroxylation is 3. The van der Waals surface area contributed by atoms with Crippen LogP contribution in [0.2, 0.25) is 10.0 Å². The van der Waals surface area contributed by atoms with Gasteiger partial charge in [0.15, 0.2) is 0 Å². The average Bonchev–Trinajstić information content (AvgIpc) is 2.90. The highest BCUT2D eigenvalue weighted by Crippen LogP contribution is 2.22. The Morgan fingerprint density at radius 1 is 1.43 bits per heavy atom. The van der Waals surface area contributed by atoms with Crippen LogP contribution in [0, 0.1) is 6.92 Å². The Hall–Kier alpha value is -1.53. The van der Waals surface area contributed by atoms with Crippen molar-refractivity contribution in [3.05, 3.63) is 33.3 Å². The molecule has 21 heavy (non-hydrogen) atoms. The molecule has 0 saturated carbocycles. The fraction of sp³-hybridized carbons (Fsp3) is 0.462. The van der Waals surface area contributed by atoms with E-state index in [9.17, 15) is 4.79 Å². The van der Waals surface area contributed by atoms with Gasteiger partial charge in [0.1, 0.15) is 5.69 Å². The smallest absolute Gasteiger partial charge is 0.273 e. The number of hydrogen-bond donors (Lipinski definition) is 0. The Labute approximate surface area is 133 Å². The molecule has 8 heteroatoms. The summed E-state index contributed by atoms with van der Waals surface area (Å²) in [6, 6.07) is 0. The number of nitrogens with zero attached hydrogens (tertiary/aromatic N) is 5. The molecule has 2 aromatic heterocycles. The van der Waals surface area contributed by atoms with E-state index in [0.29, 0.717) is 34.5 Å². The van der Waals surface area contributed by atoms with Gasteiger partial charge in [0.2, 0.25) is 0 Å². The van der Waals surface area contributed by atoms with Crippen LogP contribution in [-0.2, 0) is 20.1 Å². The van der Waals surface area contributed by atoms with Crippen molar-refractivity contribution >= 4 is 29.1 Å². The van der Waals surface area contributed by atoms with Gasteiger partial charge < -0.3 is 4.90 Å². The van der Waals surface area contributed by atoms with Gasteiger partial charge >= 0.3 is 0 Å². The van der Waals surface area contributed by atoms with Gasteiger partial charge in [-0.25, -0.2) is 0 Å². The lowest BCUT2D eigenvalue weighted by molar-refractivity contribution is 0.0771. The fourth-order valence-electron chi connectivity index (χ4n) is 2.16. The molecule has 0 spiro atoms. The van der Waals surface area contributed by atoms with Gasteiger partial charge in [-0.15, -0.1) is 0 Å². The lowest BCUT2D eigenvalue weighted by Gasteiger charge is -2.18. The van der Waals surface area contributed by atoms with Crippen molar-refractivity contribution < 1.29 is 4.79 Å². The second-order valence-electron chi connectivity index (χ2n) is 4.79. The first-order chi connectivity index (χ1) is 9.86. The minimum Gasteiger partial charge on any atom is -0.334 e. The van der Waals surface area contributed by atoms with Crippen LogP contribution in [0.15, 0.2) is 6.20 Å². The van der Waals surface area contributed by atoms with Crippen molar-refractivity contribution in [3.63, 3.8) is 0 Å². The monoisotopic (exact) mass is 329 g/mol. The summed E-state index contributed by atoms with van der Waals surface area (Å²) < 4.78 is 3.26. The maximum Gasteiger partial charge on any atom is 0.273 e. The molecule has 2 rings (SSSR count). The lowest BCUT2D eigenvalue weighted by Crippen LogP contribution is -2.29. The molecular formula is C13H17Cl2N5O. The summed E-state index contributed by atoms with van der Waals surface area (Å²) in [5.74, 6) is -0.206. The number of aromatic nitrogens is 4. The number of halogens is 2. The Kier molecular flexibility index (Phi) is 4.58. The quantitative estimate of drug-likeness (QED) is 0.866. The SMILES string of the molecule is CCn1ncc(Cl)c1CN(C)C(=O)c1c(Cl)c(C)nn1C. The standard InChI is InChI=1S/C13H17Cl2N5O/c1-5-20-10(9(14)6-16-20)7-18(3)13(21)12-11(15)8(2)17-19(12)4/h6H,5,7H2,1-4H3. The van der Waals surface area contributed by atoms with Gasteiger partial charge in [-0.3, -0.25) is 14.2 Å². The molecule has 0 N–H and O–H groups in total. The number of carbonyl (C=O) groups is 1. The molecule has 0 aliphatic rings. The summed E-state index contributed by atoms with van der Waals surface area (Å²) in [6.07, 6.45) is 1.58. The van der Waals surface area contributed by atoms with Gasteiger partial charge in [-0.2, -0.15) is 10.2 Å². The van der Waals surface area contributed by atoms with E-state index in [1.165, 1.54) is 4.68 Å². The molecule has 0 aliphatic heterocycles. The summed E-state index contributed by atoms with van der Waals surface area (Å²) >= 11 is 12.3. The van der Waals surface area contributed by atoms with Gasteiger partial charge in [0.25, 0.3) is 5.91 Å². The van der Waals surface area contributed by atoms with Crippen LogP contribution >= 0.6 is 23.2 Å². The molecule has 0 unspecified atom stereocenters. The summed E-state index contributed by atoms with van der Waals surface area (Å²) in [6.45, 7) is 4.78. The first-order valence-corrected chi connectivity index (χ1v) is 7.27. The number of hydrogen-bond acceptors (Lipinski definition) is 3. The molecule has 2 heterocycles. The third-order valence-corrected chi connectivity index (χ3v) is 4.05. The van der Waals surface area contributed by atoms with E-state index in [2.05, 4.69) is 10.2 Å². The molecule has 0 atom stereocenters. The van der Waals surface area contributed by atoms with Gasteiger partial charge in [0.05, 0.1) is 34.2 Å². The molecule has 0 aromatic carbocycles. The molecular weight excluding hydrogens is 313 g/mol. The summed E-state index contributed by atoms with van der Waals surface area (Å²) in [4.78, 5) is 14.1. The van der Waals surface area contributed by atoms with E-state index in [-0.39, 0.29) is 5.91 Å². The zero-order valence-electron chi connectivity index (χ0n) is 12.4. The van der Waals surface area contributed by atoms with Gasteiger partial charge in [0, 0.05) is 20.6 Å². The lowest BCUT2D eigenvalue weighted by atomic mass is 10.3. The Bertz CT molecular complexity index is 676. The van der Waals surface area contributed by atoms with Crippen LogP contribution < -0.4 is 0 Å². The van der Waals surface area contributed by atoms with E-state index in [1.807, 2.05) is 6.92 Å². The zero-order chi connectivity index (χ0) is 15.7. The normalized spacial score (nSPS) is 11.0. The molecule has 114 valence electrons. The Morgan fingerprint density at radius 3 is 2.62 bits per heavy atom. The second-order valence-corrected chi connectivity index (χ2v) is 5.57. The zero-order valence-corrected chi connectivity index (χ0v) is 13.9. The first kappa shape index (κ1) is 15.9. The summed E-state index contributed by atoms with van der Waals surface area (Å²) in [5.41, 5.74) is 1.80. The van der Waals surface area contributed by atoms with Crippen LogP contribution in [0.3, 0.4) is 0 Å². The van der Waals surface area contributed by atoms with Crippen molar-refractivity contribution in [2.45, 2.75) is 26.9 Å². The molecule has 0 saturated heterocycles. The highest BCUT2D eigenvalue weighted by Gasteiger charge is 2.23. The Morgan fingerprint density at radius 2 is 2.10 bits per heavy atom. The van der Waals surface area contributed by atoms with E-state index in [1.54, 1.807) is 36.8 Å². The van der Waals surface area contributed by atoms with Crippen LogP contribution in [0.4, 0.5) is 0 Å². The molecule has 0 aliphatic carbocycles. The number of rotatable bonds is 4. The van der Waals surface area contributed by atoms with E-state index in [0.717, 1.165) is 5.69 Å². The minimum atomic E-state index is -0.206. The molecule has 2 aromatic rings. The topological polar surface area (TPSA) is 56.0 Å². The average molecular weight is 330 g/mol. The van der Waals surface area contributed by atoms with Crippen LogP contribution in [-0.4, -0.2) is 37.4 Å². The highest BCUT2D eigenvalue weighted by molar-refractivity contribution is 6.34. The van der Waals surface area contributed by atoms with Crippen molar-refractivity contribution in [2.24, 2.45) is 7.05 Å². The molecule has 6 nitrogen and oxygen atoms in total. The minimum absolute atomic E-state index is 0.206. The van der Waals surface area contributed by atoms with Crippen LogP contribution in [0.25, 0.3) is 0 Å². The molecule has 1 amide bonds. The number of carbonyl (C=O) groups excluding carboxylic acids is 1. The molecule has 0 fully saturated rings. The molecule has 0 bridgehead atoms. The van der Waals surface area contributed by atoms with Crippen molar-refractivity contribution in [3.8, 4) is 0 Å². The predicted octanol–water partition coefficient (Wildman–Crippen LogP) is 2.52. The fourth-order valence-corrected chi connectivity index (χ4v) is 2.60. The third kappa shape index (κ3) is 2.91. The summed E-state index contributed by atoms with van der Waals surface area (Å²) in [7, 11) is 3.40. The largest absolute Gasteiger partial charge is 0.334 e. The molecule has 0 radical (unpaired) electrons. The van der Waals surface area contributed by atoms with Crippen molar-refractivity contribution in [1.82, 2.24) is 24.5 Å². The van der Waals surface area contributed by atoms with E-state index >= 15 is 0 Å². The highest BCUT2D eigenvalue weighted by atomic mass is 35.5.